The van der Waals surface area contributed by atoms with Crippen LogP contribution in [0.1, 0.15) is 23.1 Å². The van der Waals surface area contributed by atoms with Crippen molar-refractivity contribution in [2.24, 2.45) is 0 Å². The van der Waals surface area contributed by atoms with Gasteiger partial charge in [-0.2, -0.15) is 0 Å². The molecule has 0 aromatic heterocycles. The van der Waals surface area contributed by atoms with E-state index in [1.54, 1.807) is 0 Å². The van der Waals surface area contributed by atoms with Crippen LogP contribution in [-0.2, 0) is 6.42 Å². The van der Waals surface area contributed by atoms with Gasteiger partial charge in [0, 0.05) is 5.75 Å². The maximum atomic E-state index is 3.41. The van der Waals surface area contributed by atoms with Gasteiger partial charge in [0.05, 0.1) is 4.87 Å². The minimum Gasteiger partial charge on any atom is -0.305 e. The topological polar surface area (TPSA) is 12.0 Å². The van der Waals surface area contributed by atoms with Gasteiger partial charge in [0.25, 0.3) is 0 Å². The normalized spacial score (nSPS) is 24.2. The van der Waals surface area contributed by atoms with Crippen molar-refractivity contribution in [3.63, 3.8) is 0 Å². The third-order valence-corrected chi connectivity index (χ3v) is 4.73. The van der Waals surface area contributed by atoms with Gasteiger partial charge in [-0.25, -0.2) is 0 Å². The molecule has 1 aliphatic heterocycles. The number of thioether (sulfide) groups is 1. The molecule has 1 aromatic rings. The highest BCUT2D eigenvalue weighted by molar-refractivity contribution is 8.07. The fourth-order valence-electron chi connectivity index (χ4n) is 1.81. The number of rotatable bonds is 4. The van der Waals surface area contributed by atoms with Gasteiger partial charge in [-0.1, -0.05) is 18.2 Å². The van der Waals surface area contributed by atoms with Crippen molar-refractivity contribution in [3.05, 3.63) is 34.9 Å². The van der Waals surface area contributed by atoms with Gasteiger partial charge in [-0.15, -0.1) is 11.8 Å². The highest BCUT2D eigenvalue weighted by Crippen LogP contribution is 2.45. The number of benzene rings is 1. The number of aryl methyl sites for hydroxylation is 3. The van der Waals surface area contributed by atoms with Gasteiger partial charge < -0.3 is 5.32 Å². The quantitative estimate of drug-likeness (QED) is 0.785. The van der Waals surface area contributed by atoms with Crippen LogP contribution in [0.25, 0.3) is 0 Å². The summed E-state index contributed by atoms with van der Waals surface area (Å²) in [5.74, 6) is 1.27. The van der Waals surface area contributed by atoms with Crippen LogP contribution in [0, 0.1) is 13.8 Å². The van der Waals surface area contributed by atoms with Crippen molar-refractivity contribution in [1.29, 1.82) is 0 Å². The van der Waals surface area contributed by atoms with Gasteiger partial charge >= 0.3 is 0 Å². The first kappa shape index (κ1) is 11.0. The Bertz CT molecular complexity index is 356. The molecule has 82 valence electrons. The first-order valence-electron chi connectivity index (χ1n) is 5.54. The van der Waals surface area contributed by atoms with Gasteiger partial charge in [-0.05, 0) is 50.4 Å². The Hall–Kier alpha value is -0.470. The zero-order valence-corrected chi connectivity index (χ0v) is 10.6. The zero-order valence-electron chi connectivity index (χ0n) is 9.76. The molecule has 1 aromatic carbocycles. The molecular weight excluding hydrogens is 202 g/mol. The second kappa shape index (κ2) is 4.18. The molecule has 2 rings (SSSR count). The Morgan fingerprint density at radius 2 is 2.07 bits per heavy atom. The van der Waals surface area contributed by atoms with E-state index in [-0.39, 0.29) is 0 Å². The lowest BCUT2D eigenvalue weighted by molar-refractivity contribution is 0.569. The lowest BCUT2D eigenvalue weighted by atomic mass is 10.0. The van der Waals surface area contributed by atoms with Crippen LogP contribution in [0.4, 0.5) is 0 Å². The summed E-state index contributed by atoms with van der Waals surface area (Å²) < 4.78 is 0. The maximum absolute atomic E-state index is 3.41. The molecule has 1 aliphatic rings. The lowest BCUT2D eigenvalue weighted by Gasteiger charge is -2.12. The molecule has 0 amide bonds. The van der Waals surface area contributed by atoms with Gasteiger partial charge in [0.1, 0.15) is 0 Å². The second-order valence-electron chi connectivity index (χ2n) is 4.45. The molecule has 1 saturated heterocycles. The lowest BCUT2D eigenvalue weighted by Crippen LogP contribution is -2.27. The van der Waals surface area contributed by atoms with Crippen LogP contribution in [-0.4, -0.2) is 17.7 Å². The first-order chi connectivity index (χ1) is 7.15. The van der Waals surface area contributed by atoms with Crippen LogP contribution < -0.4 is 5.32 Å². The highest BCUT2D eigenvalue weighted by atomic mass is 32.2. The predicted molar refractivity (Wildman–Crippen MR) is 68.5 cm³/mol. The summed E-state index contributed by atoms with van der Waals surface area (Å²) in [4.78, 5) is 0.402. The Labute approximate surface area is 96.7 Å². The van der Waals surface area contributed by atoms with Gasteiger partial charge in [0.15, 0.2) is 0 Å². The number of hydrogen-bond donors (Lipinski definition) is 1. The number of hydrogen-bond acceptors (Lipinski definition) is 2. The standard InChI is InChI=1S/C13H19NS/c1-10-4-5-12(8-11(10)2)6-7-13(14-3)9-15-13/h4-5,8,14H,6-7,9H2,1-3H3. The van der Waals surface area contributed by atoms with E-state index in [0.29, 0.717) is 4.87 Å². The van der Waals surface area contributed by atoms with E-state index in [9.17, 15) is 0 Å². The average molecular weight is 221 g/mol. The smallest absolute Gasteiger partial charge is 0.0739 e. The van der Waals surface area contributed by atoms with Crippen molar-refractivity contribution in [2.45, 2.75) is 31.6 Å². The van der Waals surface area contributed by atoms with E-state index in [2.05, 4.69) is 44.4 Å². The summed E-state index contributed by atoms with van der Waals surface area (Å²) in [6, 6.07) is 6.82. The van der Waals surface area contributed by atoms with Crippen LogP contribution in [0.5, 0.6) is 0 Å². The molecule has 0 bridgehead atoms. The molecule has 0 spiro atoms. The van der Waals surface area contributed by atoms with E-state index in [4.69, 9.17) is 0 Å². The van der Waals surface area contributed by atoms with Crippen molar-refractivity contribution < 1.29 is 0 Å². The molecule has 1 N–H and O–H groups in total. The molecule has 15 heavy (non-hydrogen) atoms. The molecule has 1 atom stereocenters. The summed E-state index contributed by atoms with van der Waals surface area (Å²) in [5.41, 5.74) is 4.28. The molecule has 1 fully saturated rings. The minimum atomic E-state index is 0.402. The van der Waals surface area contributed by atoms with Crippen LogP contribution in [0.15, 0.2) is 18.2 Å². The molecule has 0 radical (unpaired) electrons. The van der Waals surface area contributed by atoms with Gasteiger partial charge in [-0.3, -0.25) is 0 Å². The predicted octanol–water partition coefficient (Wildman–Crippen LogP) is 2.90. The summed E-state index contributed by atoms with van der Waals surface area (Å²) in [6.07, 6.45) is 2.44. The molecule has 0 aliphatic carbocycles. The number of nitrogens with one attached hydrogen (secondary N) is 1. The minimum absolute atomic E-state index is 0.402. The fourth-order valence-corrected chi connectivity index (χ4v) is 2.66. The van der Waals surface area contributed by atoms with E-state index < -0.39 is 0 Å². The Balaban J connectivity index is 1.96. The third-order valence-electron chi connectivity index (χ3n) is 3.34. The van der Waals surface area contributed by atoms with E-state index in [1.807, 2.05) is 11.8 Å². The van der Waals surface area contributed by atoms with Crippen molar-refractivity contribution in [3.8, 4) is 0 Å². The summed E-state index contributed by atoms with van der Waals surface area (Å²) in [7, 11) is 2.07. The van der Waals surface area contributed by atoms with Crippen LogP contribution >= 0.6 is 11.8 Å². The van der Waals surface area contributed by atoms with Gasteiger partial charge in [0.2, 0.25) is 0 Å². The van der Waals surface area contributed by atoms with Crippen molar-refractivity contribution >= 4 is 11.8 Å². The van der Waals surface area contributed by atoms with Crippen LogP contribution in [0.2, 0.25) is 0 Å². The Kier molecular flexibility index (Phi) is 3.08. The maximum Gasteiger partial charge on any atom is 0.0739 e. The fraction of sp³-hybridized carbons (Fsp3) is 0.538. The Morgan fingerprint density at radius 1 is 1.33 bits per heavy atom. The van der Waals surface area contributed by atoms with E-state index >= 15 is 0 Å². The van der Waals surface area contributed by atoms with E-state index in [1.165, 1.54) is 35.3 Å². The molecular formula is C13H19NS. The second-order valence-corrected chi connectivity index (χ2v) is 5.81. The summed E-state index contributed by atoms with van der Waals surface area (Å²) >= 11 is 2.03. The van der Waals surface area contributed by atoms with Crippen molar-refractivity contribution in [1.82, 2.24) is 5.32 Å². The Morgan fingerprint density at radius 3 is 2.60 bits per heavy atom. The third kappa shape index (κ3) is 2.56. The monoisotopic (exact) mass is 221 g/mol. The largest absolute Gasteiger partial charge is 0.305 e. The molecule has 1 nitrogen and oxygen atoms in total. The molecule has 1 heterocycles. The molecule has 0 saturated carbocycles. The van der Waals surface area contributed by atoms with Crippen LogP contribution in [0.3, 0.4) is 0 Å². The average Bonchev–Trinajstić information content (AvgIpc) is 3.01. The SMILES string of the molecule is CNC1(CCc2ccc(C)c(C)c2)CS1. The first-order valence-corrected chi connectivity index (χ1v) is 6.53. The highest BCUT2D eigenvalue weighted by Gasteiger charge is 2.41. The molecule has 2 heteroatoms. The van der Waals surface area contributed by atoms with Crippen molar-refractivity contribution in [2.75, 3.05) is 12.8 Å². The zero-order chi connectivity index (χ0) is 10.9. The summed E-state index contributed by atoms with van der Waals surface area (Å²) in [5, 5.41) is 3.41. The summed E-state index contributed by atoms with van der Waals surface area (Å²) in [6.45, 7) is 4.36. The van der Waals surface area contributed by atoms with E-state index in [0.717, 1.165) is 0 Å². The molecule has 1 unspecified atom stereocenters.